The molecule has 3 N–H and O–H groups in total. The van der Waals surface area contributed by atoms with Crippen LogP contribution in [0.1, 0.15) is 25.7 Å². The van der Waals surface area contributed by atoms with E-state index in [0.717, 1.165) is 6.42 Å². The van der Waals surface area contributed by atoms with Crippen molar-refractivity contribution in [2.45, 2.75) is 37.8 Å². The molecule has 1 aliphatic carbocycles. The predicted molar refractivity (Wildman–Crippen MR) is 58.2 cm³/mol. The molecular formula is C10H16N2S. The van der Waals surface area contributed by atoms with E-state index in [1.165, 1.54) is 24.9 Å². The highest BCUT2D eigenvalue weighted by Crippen LogP contribution is 2.22. The van der Waals surface area contributed by atoms with Crippen LogP contribution in [-0.4, -0.2) is 12.1 Å². The van der Waals surface area contributed by atoms with Crippen molar-refractivity contribution < 1.29 is 0 Å². The fourth-order valence-corrected chi connectivity index (χ4v) is 2.54. The molecular weight excluding hydrogens is 180 g/mol. The molecule has 1 aromatic rings. The van der Waals surface area contributed by atoms with E-state index in [0.29, 0.717) is 12.1 Å². The van der Waals surface area contributed by atoms with E-state index in [1.54, 1.807) is 11.3 Å². The number of hydrogen-bond donors (Lipinski definition) is 2. The lowest BCUT2D eigenvalue weighted by atomic mass is 9.91. The molecule has 1 saturated carbocycles. The van der Waals surface area contributed by atoms with Crippen molar-refractivity contribution in [2.75, 3.05) is 5.32 Å². The molecule has 2 rings (SSSR count). The third kappa shape index (κ3) is 2.45. The highest BCUT2D eigenvalue weighted by molar-refractivity contribution is 7.08. The van der Waals surface area contributed by atoms with Gasteiger partial charge in [-0.25, -0.2) is 0 Å². The van der Waals surface area contributed by atoms with Crippen LogP contribution in [0.2, 0.25) is 0 Å². The van der Waals surface area contributed by atoms with Crippen LogP contribution in [0, 0.1) is 0 Å². The third-order valence-electron chi connectivity index (χ3n) is 2.61. The maximum absolute atomic E-state index is 5.92. The Kier molecular flexibility index (Phi) is 2.86. The average Bonchev–Trinajstić information content (AvgIpc) is 2.57. The number of anilines is 1. The minimum Gasteiger partial charge on any atom is -0.382 e. The summed E-state index contributed by atoms with van der Waals surface area (Å²) < 4.78 is 0. The van der Waals surface area contributed by atoms with Gasteiger partial charge in [0.2, 0.25) is 0 Å². The first kappa shape index (κ1) is 9.03. The van der Waals surface area contributed by atoms with Gasteiger partial charge in [-0.05, 0) is 37.1 Å². The van der Waals surface area contributed by atoms with Gasteiger partial charge in [-0.2, -0.15) is 11.3 Å². The summed E-state index contributed by atoms with van der Waals surface area (Å²) in [6, 6.07) is 3.13. The largest absolute Gasteiger partial charge is 0.382 e. The van der Waals surface area contributed by atoms with Gasteiger partial charge < -0.3 is 11.1 Å². The van der Waals surface area contributed by atoms with E-state index in [2.05, 4.69) is 22.1 Å². The first-order valence-corrected chi connectivity index (χ1v) is 5.83. The Morgan fingerprint density at radius 2 is 2.38 bits per heavy atom. The zero-order valence-electron chi connectivity index (χ0n) is 7.70. The van der Waals surface area contributed by atoms with Gasteiger partial charge in [0.15, 0.2) is 0 Å². The van der Waals surface area contributed by atoms with Crippen LogP contribution >= 0.6 is 11.3 Å². The van der Waals surface area contributed by atoms with E-state index in [9.17, 15) is 0 Å². The second kappa shape index (κ2) is 4.11. The van der Waals surface area contributed by atoms with Crippen LogP contribution < -0.4 is 11.1 Å². The molecule has 2 unspecified atom stereocenters. The molecule has 0 amide bonds. The number of nitrogens with two attached hydrogens (primary N) is 1. The van der Waals surface area contributed by atoms with Crippen molar-refractivity contribution in [1.82, 2.24) is 0 Å². The fourth-order valence-electron chi connectivity index (χ4n) is 1.94. The summed E-state index contributed by atoms with van der Waals surface area (Å²) in [5.74, 6) is 0. The molecule has 0 radical (unpaired) electrons. The Balaban J connectivity index is 1.87. The van der Waals surface area contributed by atoms with Gasteiger partial charge in [-0.15, -0.1) is 0 Å². The summed E-state index contributed by atoms with van der Waals surface area (Å²) in [5.41, 5.74) is 7.17. The normalized spacial score (nSPS) is 28.7. The van der Waals surface area contributed by atoms with Crippen LogP contribution in [0.4, 0.5) is 5.69 Å². The first-order chi connectivity index (χ1) is 6.34. The summed E-state index contributed by atoms with van der Waals surface area (Å²) in [6.45, 7) is 0. The van der Waals surface area contributed by atoms with Crippen LogP contribution in [0.5, 0.6) is 0 Å². The fraction of sp³-hybridized carbons (Fsp3) is 0.600. The highest BCUT2D eigenvalue weighted by atomic mass is 32.1. The Hall–Kier alpha value is -0.540. The van der Waals surface area contributed by atoms with Crippen molar-refractivity contribution >= 4 is 17.0 Å². The minimum absolute atomic E-state index is 0.407. The lowest BCUT2D eigenvalue weighted by Crippen LogP contribution is -2.34. The molecule has 1 aromatic heterocycles. The van der Waals surface area contributed by atoms with E-state index >= 15 is 0 Å². The van der Waals surface area contributed by atoms with Gasteiger partial charge in [0, 0.05) is 23.2 Å². The van der Waals surface area contributed by atoms with Crippen molar-refractivity contribution in [3.05, 3.63) is 16.8 Å². The molecule has 0 aliphatic heterocycles. The van der Waals surface area contributed by atoms with E-state index in [1.807, 2.05) is 0 Å². The van der Waals surface area contributed by atoms with Crippen molar-refractivity contribution in [3.8, 4) is 0 Å². The topological polar surface area (TPSA) is 38.0 Å². The molecule has 0 aromatic carbocycles. The van der Waals surface area contributed by atoms with Crippen molar-refractivity contribution in [2.24, 2.45) is 5.73 Å². The maximum Gasteiger partial charge on any atom is 0.0450 e. The van der Waals surface area contributed by atoms with Gasteiger partial charge in [0.25, 0.3) is 0 Å². The second-order valence-electron chi connectivity index (χ2n) is 3.78. The molecule has 3 heteroatoms. The first-order valence-electron chi connectivity index (χ1n) is 4.89. The lowest BCUT2D eigenvalue weighted by Gasteiger charge is -2.27. The van der Waals surface area contributed by atoms with E-state index < -0.39 is 0 Å². The van der Waals surface area contributed by atoms with E-state index in [-0.39, 0.29) is 0 Å². The number of rotatable bonds is 2. The Bertz CT molecular complexity index is 245. The number of hydrogen-bond acceptors (Lipinski definition) is 3. The monoisotopic (exact) mass is 196 g/mol. The molecule has 1 fully saturated rings. The molecule has 1 aliphatic rings. The Morgan fingerprint density at radius 1 is 1.46 bits per heavy atom. The zero-order chi connectivity index (χ0) is 9.10. The number of thiophene rings is 1. The molecule has 0 saturated heterocycles. The van der Waals surface area contributed by atoms with Gasteiger partial charge in [0.05, 0.1) is 0 Å². The minimum atomic E-state index is 0.407. The smallest absolute Gasteiger partial charge is 0.0450 e. The third-order valence-corrected chi connectivity index (χ3v) is 3.29. The van der Waals surface area contributed by atoms with Gasteiger partial charge in [-0.1, -0.05) is 0 Å². The quantitative estimate of drug-likeness (QED) is 0.762. The zero-order valence-corrected chi connectivity index (χ0v) is 8.52. The molecule has 1 heterocycles. The molecule has 0 bridgehead atoms. The van der Waals surface area contributed by atoms with Crippen LogP contribution in [0.15, 0.2) is 16.8 Å². The Labute approximate surface area is 83.1 Å². The summed E-state index contributed by atoms with van der Waals surface area (Å²) in [7, 11) is 0. The van der Waals surface area contributed by atoms with E-state index in [4.69, 9.17) is 5.73 Å². The van der Waals surface area contributed by atoms with Crippen molar-refractivity contribution in [1.29, 1.82) is 0 Å². The van der Waals surface area contributed by atoms with Crippen LogP contribution in [-0.2, 0) is 0 Å². The second-order valence-corrected chi connectivity index (χ2v) is 4.56. The van der Waals surface area contributed by atoms with Crippen LogP contribution in [0.25, 0.3) is 0 Å². The Morgan fingerprint density at radius 3 is 3.08 bits per heavy atom. The van der Waals surface area contributed by atoms with Gasteiger partial charge >= 0.3 is 0 Å². The summed E-state index contributed by atoms with van der Waals surface area (Å²) in [6.07, 6.45) is 4.85. The highest BCUT2D eigenvalue weighted by Gasteiger charge is 2.18. The van der Waals surface area contributed by atoms with Gasteiger partial charge in [-0.3, -0.25) is 0 Å². The number of nitrogens with one attached hydrogen (secondary N) is 1. The summed E-state index contributed by atoms with van der Waals surface area (Å²) >= 11 is 1.74. The summed E-state index contributed by atoms with van der Waals surface area (Å²) in [4.78, 5) is 0. The molecule has 13 heavy (non-hydrogen) atoms. The lowest BCUT2D eigenvalue weighted by molar-refractivity contribution is 0.409. The molecule has 0 spiro atoms. The van der Waals surface area contributed by atoms with Crippen molar-refractivity contribution in [3.63, 3.8) is 0 Å². The average molecular weight is 196 g/mol. The SMILES string of the molecule is NC1CCCC(Nc2ccsc2)C1. The predicted octanol–water partition coefficient (Wildman–Crippen LogP) is 2.43. The molecule has 2 atom stereocenters. The molecule has 2 nitrogen and oxygen atoms in total. The van der Waals surface area contributed by atoms with Gasteiger partial charge in [0.1, 0.15) is 0 Å². The van der Waals surface area contributed by atoms with Crippen LogP contribution in [0.3, 0.4) is 0 Å². The standard InChI is InChI=1S/C10H16N2S/c11-8-2-1-3-9(6-8)12-10-4-5-13-7-10/h4-5,7-9,12H,1-3,6,11H2. The maximum atomic E-state index is 5.92. The molecule has 72 valence electrons. The summed E-state index contributed by atoms with van der Waals surface area (Å²) in [5, 5.41) is 7.78.